The summed E-state index contributed by atoms with van der Waals surface area (Å²) in [6.07, 6.45) is 5.79. The first kappa shape index (κ1) is 12.5. The Labute approximate surface area is 92.7 Å². The van der Waals surface area contributed by atoms with Crippen molar-refractivity contribution in [1.29, 1.82) is 5.26 Å². The highest BCUT2D eigenvalue weighted by Crippen LogP contribution is 2.21. The standard InChI is InChI=1S/C12H22N2O/c1-2-12(15)11-7-3-5-9-14(11)10-6-4-8-13/h11-12,15H,2-7,9-10H2,1H3. The van der Waals surface area contributed by atoms with Gasteiger partial charge in [-0.1, -0.05) is 13.3 Å². The van der Waals surface area contributed by atoms with Gasteiger partial charge in [0.2, 0.25) is 0 Å². The lowest BCUT2D eigenvalue weighted by Crippen LogP contribution is -2.46. The maximum Gasteiger partial charge on any atom is 0.0692 e. The first-order valence-corrected chi connectivity index (χ1v) is 6.08. The third-order valence-electron chi connectivity index (χ3n) is 3.26. The fourth-order valence-electron chi connectivity index (χ4n) is 2.36. The average Bonchev–Trinajstić information content (AvgIpc) is 2.29. The smallest absolute Gasteiger partial charge is 0.0692 e. The van der Waals surface area contributed by atoms with Crippen molar-refractivity contribution in [3.8, 4) is 6.07 Å². The molecule has 1 rings (SSSR count). The van der Waals surface area contributed by atoms with Gasteiger partial charge in [-0.05, 0) is 38.8 Å². The van der Waals surface area contributed by atoms with Gasteiger partial charge in [-0.15, -0.1) is 0 Å². The van der Waals surface area contributed by atoms with Gasteiger partial charge in [0, 0.05) is 12.5 Å². The van der Waals surface area contributed by atoms with Crippen LogP contribution in [0.1, 0.15) is 45.4 Å². The van der Waals surface area contributed by atoms with E-state index in [9.17, 15) is 5.11 Å². The second-order valence-corrected chi connectivity index (χ2v) is 4.34. The van der Waals surface area contributed by atoms with E-state index in [0.29, 0.717) is 12.5 Å². The zero-order valence-electron chi connectivity index (χ0n) is 9.65. The molecule has 2 unspecified atom stereocenters. The van der Waals surface area contributed by atoms with E-state index in [0.717, 1.165) is 32.4 Å². The van der Waals surface area contributed by atoms with Crippen molar-refractivity contribution in [2.24, 2.45) is 0 Å². The number of aliphatic hydroxyl groups excluding tert-OH is 1. The molecule has 15 heavy (non-hydrogen) atoms. The Morgan fingerprint density at radius 1 is 1.53 bits per heavy atom. The molecule has 0 aromatic rings. The molecule has 2 atom stereocenters. The third-order valence-corrected chi connectivity index (χ3v) is 3.26. The Hall–Kier alpha value is -0.590. The molecular formula is C12H22N2O. The van der Waals surface area contributed by atoms with E-state index in [1.807, 2.05) is 6.92 Å². The summed E-state index contributed by atoms with van der Waals surface area (Å²) in [7, 11) is 0. The molecule has 0 saturated carbocycles. The summed E-state index contributed by atoms with van der Waals surface area (Å²) in [5, 5.41) is 18.4. The van der Waals surface area contributed by atoms with E-state index >= 15 is 0 Å². The lowest BCUT2D eigenvalue weighted by Gasteiger charge is -2.38. The summed E-state index contributed by atoms with van der Waals surface area (Å²) >= 11 is 0. The number of piperidine rings is 1. The van der Waals surface area contributed by atoms with Crippen LogP contribution >= 0.6 is 0 Å². The van der Waals surface area contributed by atoms with Crippen LogP contribution in [0.3, 0.4) is 0 Å². The molecular weight excluding hydrogens is 188 g/mol. The van der Waals surface area contributed by atoms with Crippen LogP contribution in [0.4, 0.5) is 0 Å². The summed E-state index contributed by atoms with van der Waals surface area (Å²) < 4.78 is 0. The second kappa shape index (κ2) is 6.81. The molecule has 86 valence electrons. The van der Waals surface area contributed by atoms with Crippen molar-refractivity contribution in [2.45, 2.75) is 57.6 Å². The molecule has 1 saturated heterocycles. The Kier molecular flexibility index (Phi) is 5.67. The van der Waals surface area contributed by atoms with Crippen LogP contribution in [0.5, 0.6) is 0 Å². The largest absolute Gasteiger partial charge is 0.392 e. The van der Waals surface area contributed by atoms with Gasteiger partial charge in [-0.25, -0.2) is 0 Å². The van der Waals surface area contributed by atoms with Gasteiger partial charge in [0.15, 0.2) is 0 Å². The van der Waals surface area contributed by atoms with Crippen molar-refractivity contribution < 1.29 is 5.11 Å². The molecule has 0 aliphatic carbocycles. The number of unbranched alkanes of at least 4 members (excludes halogenated alkanes) is 1. The molecule has 1 N–H and O–H groups in total. The molecule has 0 spiro atoms. The van der Waals surface area contributed by atoms with Gasteiger partial charge < -0.3 is 5.11 Å². The van der Waals surface area contributed by atoms with Crippen LogP contribution in [-0.4, -0.2) is 35.2 Å². The Morgan fingerprint density at radius 3 is 3.00 bits per heavy atom. The Morgan fingerprint density at radius 2 is 2.33 bits per heavy atom. The van der Waals surface area contributed by atoms with E-state index in [1.165, 1.54) is 12.8 Å². The summed E-state index contributed by atoms with van der Waals surface area (Å²) in [4.78, 5) is 2.37. The van der Waals surface area contributed by atoms with E-state index in [2.05, 4.69) is 11.0 Å². The normalized spacial score (nSPS) is 24.7. The van der Waals surface area contributed by atoms with Gasteiger partial charge in [0.05, 0.1) is 12.2 Å². The van der Waals surface area contributed by atoms with Crippen molar-refractivity contribution >= 4 is 0 Å². The van der Waals surface area contributed by atoms with Crippen LogP contribution in [0.15, 0.2) is 0 Å². The third kappa shape index (κ3) is 3.81. The summed E-state index contributed by atoms with van der Waals surface area (Å²) in [5.41, 5.74) is 0. The number of nitrogens with zero attached hydrogens (tertiary/aromatic N) is 2. The quantitative estimate of drug-likeness (QED) is 0.705. The fraction of sp³-hybridized carbons (Fsp3) is 0.917. The van der Waals surface area contributed by atoms with Crippen molar-refractivity contribution in [2.75, 3.05) is 13.1 Å². The lowest BCUT2D eigenvalue weighted by molar-refractivity contribution is 0.0237. The number of nitriles is 1. The Balaban J connectivity index is 2.39. The molecule has 3 heteroatoms. The first-order valence-electron chi connectivity index (χ1n) is 6.08. The molecule has 0 bridgehead atoms. The van der Waals surface area contributed by atoms with Crippen molar-refractivity contribution in [1.82, 2.24) is 4.90 Å². The summed E-state index contributed by atoms with van der Waals surface area (Å²) in [5.74, 6) is 0. The average molecular weight is 210 g/mol. The predicted molar refractivity (Wildman–Crippen MR) is 60.4 cm³/mol. The van der Waals surface area contributed by atoms with Crippen LogP contribution in [0.2, 0.25) is 0 Å². The van der Waals surface area contributed by atoms with E-state index in [-0.39, 0.29) is 6.10 Å². The number of hydrogen-bond acceptors (Lipinski definition) is 3. The van der Waals surface area contributed by atoms with Gasteiger partial charge in [0.25, 0.3) is 0 Å². The lowest BCUT2D eigenvalue weighted by atomic mass is 9.95. The molecule has 0 amide bonds. The van der Waals surface area contributed by atoms with Gasteiger partial charge in [0.1, 0.15) is 0 Å². The van der Waals surface area contributed by atoms with E-state index in [4.69, 9.17) is 5.26 Å². The number of aliphatic hydroxyl groups is 1. The van der Waals surface area contributed by atoms with Gasteiger partial charge >= 0.3 is 0 Å². The second-order valence-electron chi connectivity index (χ2n) is 4.34. The molecule has 1 aliphatic rings. The maximum absolute atomic E-state index is 9.90. The van der Waals surface area contributed by atoms with Gasteiger partial charge in [-0.3, -0.25) is 4.90 Å². The summed E-state index contributed by atoms with van der Waals surface area (Å²) in [6, 6.07) is 2.51. The first-order chi connectivity index (χ1) is 7.29. The maximum atomic E-state index is 9.90. The molecule has 1 fully saturated rings. The number of rotatable bonds is 5. The highest BCUT2D eigenvalue weighted by Gasteiger charge is 2.26. The van der Waals surface area contributed by atoms with Crippen molar-refractivity contribution in [3.63, 3.8) is 0 Å². The van der Waals surface area contributed by atoms with Gasteiger partial charge in [-0.2, -0.15) is 5.26 Å². The molecule has 3 nitrogen and oxygen atoms in total. The zero-order chi connectivity index (χ0) is 11.1. The highest BCUT2D eigenvalue weighted by atomic mass is 16.3. The summed E-state index contributed by atoms with van der Waals surface area (Å²) in [6.45, 7) is 4.09. The minimum absolute atomic E-state index is 0.188. The number of hydrogen-bond donors (Lipinski definition) is 1. The van der Waals surface area contributed by atoms with Crippen LogP contribution in [0, 0.1) is 11.3 Å². The van der Waals surface area contributed by atoms with Crippen LogP contribution < -0.4 is 0 Å². The number of likely N-dealkylation sites (tertiary alicyclic amines) is 1. The monoisotopic (exact) mass is 210 g/mol. The highest BCUT2D eigenvalue weighted by molar-refractivity contribution is 4.83. The van der Waals surface area contributed by atoms with Crippen LogP contribution in [0.25, 0.3) is 0 Å². The molecule has 1 heterocycles. The predicted octanol–water partition coefficient (Wildman–Crippen LogP) is 1.92. The minimum Gasteiger partial charge on any atom is -0.392 e. The fourth-order valence-corrected chi connectivity index (χ4v) is 2.36. The van der Waals surface area contributed by atoms with Crippen molar-refractivity contribution in [3.05, 3.63) is 0 Å². The minimum atomic E-state index is -0.188. The molecule has 0 radical (unpaired) electrons. The molecule has 1 aliphatic heterocycles. The molecule has 0 aromatic carbocycles. The topological polar surface area (TPSA) is 47.3 Å². The SMILES string of the molecule is CCC(O)C1CCCCN1CCCC#N. The Bertz CT molecular complexity index is 212. The van der Waals surface area contributed by atoms with Crippen LogP contribution in [-0.2, 0) is 0 Å². The zero-order valence-corrected chi connectivity index (χ0v) is 9.65. The molecule has 0 aromatic heterocycles. The van der Waals surface area contributed by atoms with E-state index < -0.39 is 0 Å². The van der Waals surface area contributed by atoms with E-state index in [1.54, 1.807) is 0 Å².